The number of thiazole rings is 1. The van der Waals surface area contributed by atoms with Crippen LogP contribution in [0.2, 0.25) is 0 Å². The Morgan fingerprint density at radius 3 is 2.82 bits per heavy atom. The summed E-state index contributed by atoms with van der Waals surface area (Å²) >= 11 is 4.77. The number of ether oxygens (including phenoxy) is 2. The molecule has 0 spiro atoms. The first-order valence-electron chi connectivity index (χ1n) is 11.7. The fourth-order valence-corrected chi connectivity index (χ4v) is 5.48. The molecule has 3 atom stereocenters. The van der Waals surface area contributed by atoms with E-state index in [1.54, 1.807) is 29.5 Å². The molecule has 0 amide bonds. The van der Waals surface area contributed by atoms with E-state index in [0.29, 0.717) is 32.9 Å². The number of esters is 1. The van der Waals surface area contributed by atoms with Gasteiger partial charge < -0.3 is 24.7 Å². The van der Waals surface area contributed by atoms with E-state index in [4.69, 9.17) is 19.6 Å². The molecule has 3 heterocycles. The van der Waals surface area contributed by atoms with E-state index in [-0.39, 0.29) is 38.4 Å². The van der Waals surface area contributed by atoms with Crippen molar-refractivity contribution in [3.05, 3.63) is 61.9 Å². The van der Waals surface area contributed by atoms with Crippen molar-refractivity contribution in [3.63, 3.8) is 0 Å². The predicted molar refractivity (Wildman–Crippen MR) is 142 cm³/mol. The molecule has 0 aliphatic carbocycles. The van der Waals surface area contributed by atoms with Gasteiger partial charge >= 0.3 is 5.97 Å². The largest absolute Gasteiger partial charge is 0.463 e. The maximum Gasteiger partial charge on any atom is 0.338 e. The molecule has 2 unspecified atom stereocenters. The SMILES string of the molecule is CCOC(=O)C1=C(CN2CC(OCC=O)C(C)(F)C2)NC(c2nccs2)=N[C@H]1c1ccc(F)cc1Br.CO. The molecule has 1 saturated heterocycles. The van der Waals surface area contributed by atoms with Gasteiger partial charge in [-0.1, -0.05) is 22.0 Å². The minimum absolute atomic E-state index is 0.0342. The standard InChI is InChI=1S/C24H25BrF2N4O4S.CH4O/c1-3-34-23(33)19-17(11-31-12-18(35-8-7-32)24(2,27)13-31)29-21(22-28-6-9-36-22)30-20(19)15-5-4-14(26)10-16(15)25;1-2/h4-7,9-10,18,20H,3,8,11-13H2,1-2H3,(H,29,30);2H,1H3/t18?,20-,24?;/m0./s1. The average molecular weight is 615 g/mol. The molecule has 1 aromatic heterocycles. The highest BCUT2D eigenvalue weighted by atomic mass is 79.9. The van der Waals surface area contributed by atoms with Gasteiger partial charge in [0.15, 0.2) is 10.8 Å². The normalized spacial score (nSPS) is 23.3. The fraction of sp³-hybridized carbons (Fsp3) is 0.440. The van der Waals surface area contributed by atoms with Gasteiger partial charge in [-0.05, 0) is 31.5 Å². The number of hydrogen-bond donors (Lipinski definition) is 2. The lowest BCUT2D eigenvalue weighted by Gasteiger charge is -2.29. The van der Waals surface area contributed by atoms with Crippen LogP contribution in [-0.2, 0) is 19.1 Å². The quantitative estimate of drug-likeness (QED) is 0.327. The predicted octanol–water partition coefficient (Wildman–Crippen LogP) is 3.19. The first-order valence-corrected chi connectivity index (χ1v) is 13.4. The molecule has 2 aliphatic heterocycles. The van der Waals surface area contributed by atoms with Crippen LogP contribution in [0.1, 0.15) is 30.5 Å². The summed E-state index contributed by atoms with van der Waals surface area (Å²) < 4.78 is 40.3. The van der Waals surface area contributed by atoms with Crippen molar-refractivity contribution in [2.24, 2.45) is 4.99 Å². The summed E-state index contributed by atoms with van der Waals surface area (Å²) in [4.78, 5) is 34.9. The van der Waals surface area contributed by atoms with Gasteiger partial charge in [0.1, 0.15) is 36.5 Å². The van der Waals surface area contributed by atoms with Gasteiger partial charge in [-0.2, -0.15) is 0 Å². The summed E-state index contributed by atoms with van der Waals surface area (Å²) in [6, 6.07) is 3.35. The maximum atomic E-state index is 15.2. The molecular weight excluding hydrogens is 586 g/mol. The molecule has 1 fully saturated rings. The van der Waals surface area contributed by atoms with E-state index in [1.807, 2.05) is 0 Å². The highest BCUT2D eigenvalue weighted by molar-refractivity contribution is 9.10. The number of nitrogens with one attached hydrogen (secondary N) is 1. The highest BCUT2D eigenvalue weighted by Crippen LogP contribution is 2.38. The van der Waals surface area contributed by atoms with Crippen molar-refractivity contribution in [1.82, 2.24) is 15.2 Å². The average Bonchev–Trinajstić information content (AvgIpc) is 3.51. The first-order chi connectivity index (χ1) is 18.2. The Balaban J connectivity index is 0.00000195. The molecular formula is C25H29BrF2N4O5S. The Morgan fingerprint density at radius 2 is 2.18 bits per heavy atom. The Kier molecular flexibility index (Phi) is 10.6. The van der Waals surface area contributed by atoms with Crippen LogP contribution in [0.15, 0.2) is 50.5 Å². The Morgan fingerprint density at radius 1 is 1.42 bits per heavy atom. The summed E-state index contributed by atoms with van der Waals surface area (Å²) in [5, 5.41) is 12.6. The van der Waals surface area contributed by atoms with Crippen molar-refractivity contribution in [1.29, 1.82) is 0 Å². The number of aromatic nitrogens is 1. The van der Waals surface area contributed by atoms with Crippen LogP contribution in [0.3, 0.4) is 0 Å². The van der Waals surface area contributed by atoms with Gasteiger partial charge in [0.25, 0.3) is 0 Å². The van der Waals surface area contributed by atoms with E-state index in [1.165, 1.54) is 30.4 Å². The summed E-state index contributed by atoms with van der Waals surface area (Å²) in [6.07, 6.45) is 1.43. The zero-order valence-corrected chi connectivity index (χ0v) is 23.5. The number of rotatable bonds is 9. The van der Waals surface area contributed by atoms with Gasteiger partial charge in [-0.25, -0.2) is 18.6 Å². The topological polar surface area (TPSA) is 113 Å². The number of aliphatic hydroxyl groups excluding tert-OH is 1. The molecule has 9 nitrogen and oxygen atoms in total. The van der Waals surface area contributed by atoms with Crippen molar-refractivity contribution in [3.8, 4) is 0 Å². The van der Waals surface area contributed by atoms with Gasteiger partial charge in [0.05, 0.1) is 12.2 Å². The summed E-state index contributed by atoms with van der Waals surface area (Å²) in [5.74, 6) is -0.587. The number of likely N-dealkylation sites (tertiary alicyclic amines) is 1. The van der Waals surface area contributed by atoms with E-state index < -0.39 is 29.6 Å². The number of aliphatic imine (C=N–C) groups is 1. The van der Waals surface area contributed by atoms with Crippen LogP contribution in [0, 0.1) is 5.82 Å². The van der Waals surface area contributed by atoms with Crippen molar-refractivity contribution in [2.45, 2.75) is 31.7 Å². The van der Waals surface area contributed by atoms with Crippen LogP contribution in [0.4, 0.5) is 8.78 Å². The molecule has 2 N–H and O–H groups in total. The fourth-order valence-electron chi connectivity index (χ4n) is 4.32. The zero-order valence-electron chi connectivity index (χ0n) is 21.1. The molecule has 2 aromatic rings. The second-order valence-corrected chi connectivity index (χ2v) is 10.3. The monoisotopic (exact) mass is 614 g/mol. The van der Waals surface area contributed by atoms with Crippen LogP contribution < -0.4 is 5.32 Å². The molecule has 206 valence electrons. The summed E-state index contributed by atoms with van der Waals surface area (Å²) in [7, 11) is 1.00. The third-order valence-electron chi connectivity index (χ3n) is 5.89. The van der Waals surface area contributed by atoms with Gasteiger partial charge in [-0.15, -0.1) is 11.3 Å². The molecule has 13 heteroatoms. The number of nitrogens with zero attached hydrogens (tertiary/aromatic N) is 3. The van der Waals surface area contributed by atoms with Crippen molar-refractivity contribution in [2.75, 3.05) is 40.0 Å². The van der Waals surface area contributed by atoms with Crippen LogP contribution in [0.5, 0.6) is 0 Å². The molecule has 2 aliphatic rings. The minimum Gasteiger partial charge on any atom is -0.463 e. The van der Waals surface area contributed by atoms with Crippen molar-refractivity contribution < 1.29 is 33.0 Å². The second-order valence-electron chi connectivity index (χ2n) is 8.56. The van der Waals surface area contributed by atoms with E-state index in [0.717, 1.165) is 7.11 Å². The summed E-state index contributed by atoms with van der Waals surface area (Å²) in [5.41, 5.74) is -0.408. The number of benzene rings is 1. The van der Waals surface area contributed by atoms with Gasteiger partial charge in [0, 0.05) is 48.5 Å². The number of aliphatic hydroxyl groups is 1. The number of carbonyl (C=O) groups is 2. The molecule has 4 rings (SSSR count). The minimum atomic E-state index is -1.69. The van der Waals surface area contributed by atoms with E-state index in [9.17, 15) is 14.0 Å². The zero-order chi connectivity index (χ0) is 27.9. The third kappa shape index (κ3) is 6.89. The first kappa shape index (κ1) is 30.0. The number of halogens is 3. The lowest BCUT2D eigenvalue weighted by molar-refractivity contribution is -0.139. The van der Waals surface area contributed by atoms with Crippen LogP contribution in [0.25, 0.3) is 0 Å². The lowest BCUT2D eigenvalue weighted by Crippen LogP contribution is -2.39. The molecule has 0 bridgehead atoms. The number of hydrogen-bond acceptors (Lipinski definition) is 10. The molecule has 0 radical (unpaired) electrons. The number of amidine groups is 1. The molecule has 1 aromatic carbocycles. The van der Waals surface area contributed by atoms with Crippen molar-refractivity contribution >= 4 is 45.4 Å². The number of alkyl halides is 1. The maximum absolute atomic E-state index is 15.2. The number of carbonyl (C=O) groups excluding carboxylic acids is 2. The smallest absolute Gasteiger partial charge is 0.338 e. The van der Waals surface area contributed by atoms with Crippen LogP contribution in [-0.4, -0.2) is 84.8 Å². The number of aldehydes is 1. The lowest BCUT2D eigenvalue weighted by atomic mass is 9.95. The van der Waals surface area contributed by atoms with E-state index in [2.05, 4.69) is 26.2 Å². The van der Waals surface area contributed by atoms with E-state index >= 15 is 4.39 Å². The summed E-state index contributed by atoms with van der Waals surface area (Å²) in [6.45, 7) is 3.49. The Labute approximate surface area is 231 Å². The molecule has 38 heavy (non-hydrogen) atoms. The Bertz CT molecular complexity index is 1190. The Hall–Kier alpha value is -2.58. The highest BCUT2D eigenvalue weighted by Gasteiger charge is 2.45. The van der Waals surface area contributed by atoms with Gasteiger partial charge in [0.2, 0.25) is 0 Å². The van der Waals surface area contributed by atoms with Gasteiger partial charge in [-0.3, -0.25) is 9.89 Å². The molecule has 0 saturated carbocycles. The third-order valence-corrected chi connectivity index (χ3v) is 7.36. The van der Waals surface area contributed by atoms with Crippen LogP contribution >= 0.6 is 27.3 Å². The second kappa shape index (κ2) is 13.5.